The molecule has 0 saturated heterocycles. The van der Waals surface area contributed by atoms with Crippen molar-refractivity contribution in [3.05, 3.63) is 0 Å². The zero-order valence-corrected chi connectivity index (χ0v) is 9.53. The molecule has 1 amide bonds. The van der Waals surface area contributed by atoms with Gasteiger partial charge >= 0.3 is 6.09 Å². The monoisotopic (exact) mass is 215 g/mol. The number of aliphatic hydroxyl groups excluding tert-OH is 1. The van der Waals surface area contributed by atoms with Gasteiger partial charge in [0.05, 0.1) is 6.61 Å². The van der Waals surface area contributed by atoms with E-state index in [4.69, 9.17) is 9.84 Å². The first kappa shape index (κ1) is 12.3. The molecular formula is C11H21NO3. The van der Waals surface area contributed by atoms with Gasteiger partial charge in [-0.15, -0.1) is 0 Å². The molecule has 4 heteroatoms. The van der Waals surface area contributed by atoms with Crippen LogP contribution in [0.25, 0.3) is 0 Å². The summed E-state index contributed by atoms with van der Waals surface area (Å²) in [6.45, 7) is 4.34. The summed E-state index contributed by atoms with van der Waals surface area (Å²) >= 11 is 0. The molecule has 3 atom stereocenters. The van der Waals surface area contributed by atoms with E-state index >= 15 is 0 Å². The summed E-state index contributed by atoms with van der Waals surface area (Å²) in [4.78, 5) is 11.3. The lowest BCUT2D eigenvalue weighted by Crippen LogP contribution is -2.44. The third-order valence-corrected chi connectivity index (χ3v) is 3.33. The zero-order chi connectivity index (χ0) is 11.3. The van der Waals surface area contributed by atoms with Crippen LogP contribution in [0.15, 0.2) is 0 Å². The molecule has 88 valence electrons. The van der Waals surface area contributed by atoms with Crippen molar-refractivity contribution >= 4 is 6.09 Å². The van der Waals surface area contributed by atoms with Gasteiger partial charge in [-0.2, -0.15) is 0 Å². The summed E-state index contributed by atoms with van der Waals surface area (Å²) in [7, 11) is 0. The highest BCUT2D eigenvalue weighted by molar-refractivity contribution is 5.67. The van der Waals surface area contributed by atoms with Crippen LogP contribution in [0.4, 0.5) is 4.79 Å². The molecule has 15 heavy (non-hydrogen) atoms. The predicted molar refractivity (Wildman–Crippen MR) is 57.5 cm³/mol. The van der Waals surface area contributed by atoms with Gasteiger partial charge in [0.1, 0.15) is 6.61 Å². The Hall–Kier alpha value is -0.770. The van der Waals surface area contributed by atoms with Crippen molar-refractivity contribution in [1.82, 2.24) is 5.32 Å². The number of alkyl carbamates (subject to hydrolysis) is 1. The van der Waals surface area contributed by atoms with E-state index in [1.54, 1.807) is 0 Å². The molecule has 1 fully saturated rings. The molecule has 0 aromatic carbocycles. The molecule has 1 aliphatic rings. The summed E-state index contributed by atoms with van der Waals surface area (Å²) < 4.78 is 4.78. The lowest BCUT2D eigenvalue weighted by Gasteiger charge is -2.34. The molecule has 3 unspecified atom stereocenters. The van der Waals surface area contributed by atoms with Gasteiger partial charge < -0.3 is 15.2 Å². The molecule has 0 aromatic heterocycles. The van der Waals surface area contributed by atoms with Crippen LogP contribution in [0, 0.1) is 11.8 Å². The van der Waals surface area contributed by atoms with Crippen LogP contribution in [0.2, 0.25) is 0 Å². The van der Waals surface area contributed by atoms with Gasteiger partial charge in [-0.25, -0.2) is 4.79 Å². The largest absolute Gasteiger partial charge is 0.447 e. The van der Waals surface area contributed by atoms with E-state index in [0.29, 0.717) is 11.8 Å². The van der Waals surface area contributed by atoms with E-state index in [9.17, 15) is 4.79 Å². The van der Waals surface area contributed by atoms with Gasteiger partial charge in [-0.05, 0) is 18.3 Å². The Bertz CT molecular complexity index is 208. The molecule has 0 heterocycles. The molecular weight excluding hydrogens is 194 g/mol. The molecule has 0 aromatic rings. The van der Waals surface area contributed by atoms with Crippen molar-refractivity contribution in [3.63, 3.8) is 0 Å². The topological polar surface area (TPSA) is 58.6 Å². The second-order valence-electron chi connectivity index (χ2n) is 4.38. The highest BCUT2D eigenvalue weighted by Gasteiger charge is 2.28. The van der Waals surface area contributed by atoms with Gasteiger partial charge in [0.2, 0.25) is 0 Å². The fraction of sp³-hybridized carbons (Fsp3) is 0.909. The molecule has 4 nitrogen and oxygen atoms in total. The first-order valence-corrected chi connectivity index (χ1v) is 5.69. The smallest absolute Gasteiger partial charge is 0.407 e. The SMILES string of the molecule is CC1CCCC(NC(=O)OCCO)C1C. The summed E-state index contributed by atoms with van der Waals surface area (Å²) in [5, 5.41) is 11.4. The first-order chi connectivity index (χ1) is 7.15. The first-order valence-electron chi connectivity index (χ1n) is 5.69. The molecule has 1 saturated carbocycles. The fourth-order valence-electron chi connectivity index (χ4n) is 2.12. The maximum Gasteiger partial charge on any atom is 0.407 e. The highest BCUT2D eigenvalue weighted by Crippen LogP contribution is 2.29. The Labute approximate surface area is 91.0 Å². The molecule has 0 spiro atoms. The summed E-state index contributed by atoms with van der Waals surface area (Å²) in [5.74, 6) is 1.15. The van der Waals surface area contributed by atoms with Gasteiger partial charge in [0.25, 0.3) is 0 Å². The highest BCUT2D eigenvalue weighted by atomic mass is 16.6. The fourth-order valence-corrected chi connectivity index (χ4v) is 2.12. The number of aliphatic hydroxyl groups is 1. The minimum absolute atomic E-state index is 0.0719. The molecule has 2 N–H and O–H groups in total. The Balaban J connectivity index is 2.33. The van der Waals surface area contributed by atoms with Crippen LogP contribution in [0.3, 0.4) is 0 Å². The number of ether oxygens (including phenoxy) is 1. The van der Waals surface area contributed by atoms with Crippen molar-refractivity contribution in [1.29, 1.82) is 0 Å². The number of rotatable bonds is 3. The van der Waals surface area contributed by atoms with Crippen LogP contribution in [-0.4, -0.2) is 30.5 Å². The summed E-state index contributed by atoms with van der Waals surface area (Å²) in [6, 6.07) is 0.222. The second kappa shape index (κ2) is 5.95. The number of nitrogens with one attached hydrogen (secondary N) is 1. The van der Waals surface area contributed by atoms with Gasteiger partial charge in [-0.3, -0.25) is 0 Å². The summed E-state index contributed by atoms with van der Waals surface area (Å²) in [6.07, 6.45) is 3.02. The minimum atomic E-state index is -0.407. The van der Waals surface area contributed by atoms with Crippen molar-refractivity contribution in [3.8, 4) is 0 Å². The van der Waals surface area contributed by atoms with Crippen molar-refractivity contribution in [2.45, 2.75) is 39.2 Å². The average Bonchev–Trinajstić information content (AvgIpc) is 2.22. The summed E-state index contributed by atoms with van der Waals surface area (Å²) in [5.41, 5.74) is 0. The van der Waals surface area contributed by atoms with Crippen LogP contribution in [0.1, 0.15) is 33.1 Å². The number of carbonyl (C=O) groups is 1. The van der Waals surface area contributed by atoms with E-state index in [1.807, 2.05) is 0 Å². The quantitative estimate of drug-likeness (QED) is 0.750. The van der Waals surface area contributed by atoms with Crippen LogP contribution in [0.5, 0.6) is 0 Å². The predicted octanol–water partition coefficient (Wildman–Crippen LogP) is 1.53. The molecule has 1 rings (SSSR count). The van der Waals surface area contributed by atoms with Crippen LogP contribution >= 0.6 is 0 Å². The number of carbonyl (C=O) groups excluding carboxylic acids is 1. The zero-order valence-electron chi connectivity index (χ0n) is 9.53. The molecule has 0 aliphatic heterocycles. The number of hydrogen-bond acceptors (Lipinski definition) is 3. The number of hydrogen-bond donors (Lipinski definition) is 2. The van der Waals surface area contributed by atoms with Gasteiger partial charge in [-0.1, -0.05) is 26.7 Å². The lowest BCUT2D eigenvalue weighted by molar-refractivity contribution is 0.106. The van der Waals surface area contributed by atoms with E-state index in [2.05, 4.69) is 19.2 Å². The Morgan fingerprint density at radius 2 is 2.20 bits per heavy atom. The van der Waals surface area contributed by atoms with E-state index in [-0.39, 0.29) is 19.3 Å². The van der Waals surface area contributed by atoms with Crippen molar-refractivity contribution in [2.75, 3.05) is 13.2 Å². The van der Waals surface area contributed by atoms with Crippen molar-refractivity contribution in [2.24, 2.45) is 11.8 Å². The van der Waals surface area contributed by atoms with Crippen LogP contribution in [-0.2, 0) is 4.74 Å². The van der Waals surface area contributed by atoms with E-state index in [0.717, 1.165) is 12.8 Å². The van der Waals surface area contributed by atoms with E-state index in [1.165, 1.54) is 6.42 Å². The van der Waals surface area contributed by atoms with Gasteiger partial charge in [0, 0.05) is 6.04 Å². The standard InChI is InChI=1S/C11H21NO3/c1-8-4-3-5-10(9(8)2)12-11(14)15-7-6-13/h8-10,13H,3-7H2,1-2H3,(H,12,14). The Morgan fingerprint density at radius 1 is 1.47 bits per heavy atom. The normalized spacial score (nSPS) is 31.0. The van der Waals surface area contributed by atoms with E-state index < -0.39 is 6.09 Å². The third kappa shape index (κ3) is 3.70. The number of amides is 1. The minimum Gasteiger partial charge on any atom is -0.447 e. The average molecular weight is 215 g/mol. The molecule has 0 radical (unpaired) electrons. The molecule has 0 bridgehead atoms. The van der Waals surface area contributed by atoms with Gasteiger partial charge in [0.15, 0.2) is 0 Å². The Morgan fingerprint density at radius 3 is 2.87 bits per heavy atom. The van der Waals surface area contributed by atoms with Crippen LogP contribution < -0.4 is 5.32 Å². The maximum atomic E-state index is 11.3. The maximum absolute atomic E-state index is 11.3. The Kier molecular flexibility index (Phi) is 4.88. The third-order valence-electron chi connectivity index (χ3n) is 3.33. The van der Waals surface area contributed by atoms with Crippen molar-refractivity contribution < 1.29 is 14.6 Å². The lowest BCUT2D eigenvalue weighted by atomic mass is 9.78. The molecule has 1 aliphatic carbocycles. The second-order valence-corrected chi connectivity index (χ2v) is 4.38.